The van der Waals surface area contributed by atoms with E-state index in [2.05, 4.69) is 14.9 Å². The monoisotopic (exact) mass is 334 g/mol. The first kappa shape index (κ1) is 15.0. The molecule has 0 aliphatic rings. The van der Waals surface area contributed by atoms with Crippen LogP contribution in [0.15, 0.2) is 22.5 Å². The summed E-state index contributed by atoms with van der Waals surface area (Å²) in [5.41, 5.74) is 5.90. The maximum Gasteiger partial charge on any atom is 0.270 e. The van der Waals surface area contributed by atoms with Gasteiger partial charge in [0.1, 0.15) is 5.75 Å². The van der Waals surface area contributed by atoms with Gasteiger partial charge in [-0.25, -0.2) is 13.1 Å². The summed E-state index contributed by atoms with van der Waals surface area (Å²) in [6.07, 6.45) is 0. The molecule has 1 aromatic carbocycles. The molecule has 108 valence electrons. The van der Waals surface area contributed by atoms with Crippen LogP contribution in [-0.4, -0.2) is 25.7 Å². The predicted octanol–water partition coefficient (Wildman–Crippen LogP) is 1.26. The second-order valence-corrected chi connectivity index (χ2v) is 7.01. The summed E-state index contributed by atoms with van der Waals surface area (Å²) >= 11 is 6.81. The Morgan fingerprint density at radius 1 is 1.45 bits per heavy atom. The Morgan fingerprint density at radius 3 is 2.80 bits per heavy atom. The number of hydrogen-bond donors (Lipinski definition) is 2. The maximum atomic E-state index is 12.0. The average Bonchev–Trinajstić information content (AvgIpc) is 2.84. The number of halogens is 1. The summed E-state index contributed by atoms with van der Waals surface area (Å²) in [5.74, 6) is 0.497. The lowest BCUT2D eigenvalue weighted by Crippen LogP contribution is -2.23. The van der Waals surface area contributed by atoms with Crippen molar-refractivity contribution in [3.8, 4) is 5.75 Å². The van der Waals surface area contributed by atoms with Crippen LogP contribution < -0.4 is 15.2 Å². The van der Waals surface area contributed by atoms with E-state index < -0.39 is 10.0 Å². The fourth-order valence-corrected chi connectivity index (χ4v) is 3.51. The van der Waals surface area contributed by atoms with Gasteiger partial charge in [0.25, 0.3) is 10.0 Å². The highest BCUT2D eigenvalue weighted by Gasteiger charge is 2.20. The van der Waals surface area contributed by atoms with Gasteiger partial charge in [-0.05, 0) is 12.1 Å². The molecule has 0 unspecified atom stereocenters. The van der Waals surface area contributed by atoms with Crippen molar-refractivity contribution in [2.75, 3.05) is 12.8 Å². The first-order valence-electron chi connectivity index (χ1n) is 5.34. The third-order valence-electron chi connectivity index (χ3n) is 2.39. The third-order valence-corrected chi connectivity index (χ3v) is 5.26. The number of anilines is 1. The van der Waals surface area contributed by atoms with Gasteiger partial charge >= 0.3 is 0 Å². The van der Waals surface area contributed by atoms with E-state index in [0.29, 0.717) is 16.3 Å². The molecule has 2 aromatic rings. The van der Waals surface area contributed by atoms with Gasteiger partial charge in [0.15, 0.2) is 0 Å². The van der Waals surface area contributed by atoms with Crippen molar-refractivity contribution in [1.29, 1.82) is 0 Å². The molecule has 0 saturated carbocycles. The van der Waals surface area contributed by atoms with E-state index in [1.54, 1.807) is 18.2 Å². The van der Waals surface area contributed by atoms with Gasteiger partial charge in [-0.2, -0.15) is 0 Å². The molecular weight excluding hydrogens is 324 g/mol. The normalized spacial score (nSPS) is 11.5. The fraction of sp³-hybridized carbons (Fsp3) is 0.200. The molecule has 0 spiro atoms. The van der Waals surface area contributed by atoms with E-state index in [1.165, 1.54) is 7.11 Å². The summed E-state index contributed by atoms with van der Waals surface area (Å²) in [6.45, 7) is -0.0232. The van der Waals surface area contributed by atoms with E-state index in [-0.39, 0.29) is 16.0 Å². The topological polar surface area (TPSA) is 107 Å². The number of nitrogens with one attached hydrogen (secondary N) is 1. The molecule has 3 N–H and O–H groups in total. The van der Waals surface area contributed by atoms with Gasteiger partial charge in [0.2, 0.25) is 9.47 Å². The number of nitrogen functional groups attached to an aromatic ring is 1. The standard InChI is InChI=1S/C10H11ClN4O3S2/c1-18-8-4-2-3-7(11)6(8)5-13-20(16,17)10-15-14-9(12)19-10/h2-4,13H,5H2,1H3,(H2,12,14). The van der Waals surface area contributed by atoms with Crippen molar-refractivity contribution in [1.82, 2.24) is 14.9 Å². The molecule has 0 aliphatic carbocycles. The number of sulfonamides is 1. The molecule has 0 saturated heterocycles. The van der Waals surface area contributed by atoms with Crippen LogP contribution in [0.3, 0.4) is 0 Å². The van der Waals surface area contributed by atoms with Crippen molar-refractivity contribution in [3.63, 3.8) is 0 Å². The quantitative estimate of drug-likeness (QED) is 0.852. The van der Waals surface area contributed by atoms with Crippen molar-refractivity contribution >= 4 is 38.1 Å². The van der Waals surface area contributed by atoms with Crippen LogP contribution in [-0.2, 0) is 16.6 Å². The van der Waals surface area contributed by atoms with E-state index in [9.17, 15) is 8.42 Å². The van der Waals surface area contributed by atoms with Crippen molar-refractivity contribution in [2.24, 2.45) is 0 Å². The average molecular weight is 335 g/mol. The molecule has 20 heavy (non-hydrogen) atoms. The number of rotatable bonds is 5. The summed E-state index contributed by atoms with van der Waals surface area (Å²) in [5, 5.41) is 7.45. The molecule has 0 fully saturated rings. The molecule has 0 aliphatic heterocycles. The van der Waals surface area contributed by atoms with E-state index in [4.69, 9.17) is 22.1 Å². The summed E-state index contributed by atoms with van der Waals surface area (Å²) < 4.78 is 31.3. The Balaban J connectivity index is 2.21. The minimum atomic E-state index is -3.78. The Labute approximate surface area is 124 Å². The minimum Gasteiger partial charge on any atom is -0.496 e. The van der Waals surface area contributed by atoms with Gasteiger partial charge in [-0.15, -0.1) is 10.2 Å². The zero-order chi connectivity index (χ0) is 14.8. The maximum absolute atomic E-state index is 12.0. The second-order valence-electron chi connectivity index (χ2n) is 3.65. The highest BCUT2D eigenvalue weighted by molar-refractivity contribution is 7.91. The van der Waals surface area contributed by atoms with Gasteiger partial charge in [0.05, 0.1) is 7.11 Å². The van der Waals surface area contributed by atoms with E-state index in [1.807, 2.05) is 0 Å². The molecule has 10 heteroatoms. The van der Waals surface area contributed by atoms with Crippen LogP contribution in [0.2, 0.25) is 5.02 Å². The van der Waals surface area contributed by atoms with Gasteiger partial charge in [-0.1, -0.05) is 29.0 Å². The SMILES string of the molecule is COc1cccc(Cl)c1CNS(=O)(=O)c1nnc(N)s1. The van der Waals surface area contributed by atoms with Gasteiger partial charge < -0.3 is 10.5 Å². The zero-order valence-electron chi connectivity index (χ0n) is 10.3. The molecule has 0 radical (unpaired) electrons. The van der Waals surface area contributed by atoms with Crippen molar-refractivity contribution in [3.05, 3.63) is 28.8 Å². The number of aromatic nitrogens is 2. The van der Waals surface area contributed by atoms with E-state index >= 15 is 0 Å². The summed E-state index contributed by atoms with van der Waals surface area (Å²) in [7, 11) is -2.30. The first-order valence-corrected chi connectivity index (χ1v) is 8.02. The Bertz CT molecular complexity index is 717. The smallest absolute Gasteiger partial charge is 0.270 e. The highest BCUT2D eigenvalue weighted by Crippen LogP contribution is 2.26. The number of nitrogens with zero attached hydrogens (tertiary/aromatic N) is 2. The van der Waals surface area contributed by atoms with Crippen LogP contribution in [0, 0.1) is 0 Å². The lowest BCUT2D eigenvalue weighted by molar-refractivity contribution is 0.409. The molecule has 7 nitrogen and oxygen atoms in total. The molecule has 0 atom stereocenters. The molecular formula is C10H11ClN4O3S2. The molecule has 2 rings (SSSR count). The lowest BCUT2D eigenvalue weighted by atomic mass is 10.2. The van der Waals surface area contributed by atoms with E-state index in [0.717, 1.165) is 11.3 Å². The Kier molecular flexibility index (Phi) is 4.43. The number of hydrogen-bond acceptors (Lipinski definition) is 7. The molecule has 0 bridgehead atoms. The Hall–Kier alpha value is -1.42. The minimum absolute atomic E-state index is 0.0232. The number of nitrogens with two attached hydrogens (primary N) is 1. The predicted molar refractivity (Wildman–Crippen MR) is 76.4 cm³/mol. The highest BCUT2D eigenvalue weighted by atomic mass is 35.5. The van der Waals surface area contributed by atoms with Crippen molar-refractivity contribution in [2.45, 2.75) is 10.9 Å². The van der Waals surface area contributed by atoms with Gasteiger partial charge in [0, 0.05) is 17.1 Å². The second kappa shape index (κ2) is 5.92. The number of benzene rings is 1. The van der Waals surface area contributed by atoms with Crippen molar-refractivity contribution < 1.29 is 13.2 Å². The van der Waals surface area contributed by atoms with Crippen LogP contribution in [0.5, 0.6) is 5.75 Å². The van der Waals surface area contributed by atoms with Crippen LogP contribution in [0.25, 0.3) is 0 Å². The molecule has 1 heterocycles. The molecule has 1 aromatic heterocycles. The summed E-state index contributed by atoms with van der Waals surface area (Å²) in [6, 6.07) is 5.06. The lowest BCUT2D eigenvalue weighted by Gasteiger charge is -2.10. The largest absolute Gasteiger partial charge is 0.496 e. The summed E-state index contributed by atoms with van der Waals surface area (Å²) in [4.78, 5) is 0. The third kappa shape index (κ3) is 3.18. The number of ether oxygens (including phenoxy) is 1. The number of methoxy groups -OCH3 is 1. The first-order chi connectivity index (χ1) is 9.44. The zero-order valence-corrected chi connectivity index (χ0v) is 12.7. The van der Waals surface area contributed by atoms with Crippen LogP contribution in [0.1, 0.15) is 5.56 Å². The molecule has 0 amide bonds. The van der Waals surface area contributed by atoms with Crippen LogP contribution in [0.4, 0.5) is 5.13 Å². The van der Waals surface area contributed by atoms with Gasteiger partial charge in [-0.3, -0.25) is 0 Å². The fourth-order valence-electron chi connectivity index (χ4n) is 1.46. The Morgan fingerprint density at radius 2 is 2.20 bits per heavy atom. The van der Waals surface area contributed by atoms with Crippen LogP contribution >= 0.6 is 22.9 Å².